The van der Waals surface area contributed by atoms with Crippen molar-refractivity contribution in [2.45, 2.75) is 38.5 Å². The first-order valence-electron chi connectivity index (χ1n) is 7.05. The van der Waals surface area contributed by atoms with Gasteiger partial charge in [-0.3, -0.25) is 4.79 Å². The molecular weight excluding hydrogens is 236 g/mol. The lowest BCUT2D eigenvalue weighted by molar-refractivity contribution is -0.107. The number of carbonyl (C=O) groups is 1. The molecule has 0 atom stereocenters. The average Bonchev–Trinajstić information content (AvgIpc) is 2.49. The Balaban J connectivity index is 1.95. The van der Waals surface area contributed by atoms with E-state index in [1.54, 1.807) is 17.0 Å². The molecular formula is C16H20N2O. The molecule has 1 fully saturated rings. The lowest BCUT2D eigenvalue weighted by atomic mass is 9.87. The zero-order chi connectivity index (χ0) is 13.5. The van der Waals surface area contributed by atoms with Crippen LogP contribution in [0.25, 0.3) is 0 Å². The fourth-order valence-corrected chi connectivity index (χ4v) is 2.79. The maximum absolute atomic E-state index is 11.2. The van der Waals surface area contributed by atoms with E-state index in [-0.39, 0.29) is 0 Å². The molecule has 0 saturated heterocycles. The molecule has 0 spiro atoms. The Morgan fingerprint density at radius 1 is 1.32 bits per heavy atom. The van der Waals surface area contributed by atoms with Gasteiger partial charge in [-0.2, -0.15) is 5.26 Å². The maximum Gasteiger partial charge on any atom is 0.214 e. The quantitative estimate of drug-likeness (QED) is 0.757. The number of rotatable bonds is 5. The summed E-state index contributed by atoms with van der Waals surface area (Å²) in [6, 6.07) is 9.35. The zero-order valence-electron chi connectivity index (χ0n) is 11.2. The molecule has 100 valence electrons. The van der Waals surface area contributed by atoms with Gasteiger partial charge in [-0.15, -0.1) is 0 Å². The molecule has 19 heavy (non-hydrogen) atoms. The molecule has 3 nitrogen and oxygen atoms in total. The van der Waals surface area contributed by atoms with Crippen LogP contribution < -0.4 is 4.90 Å². The van der Waals surface area contributed by atoms with E-state index in [2.05, 4.69) is 6.07 Å². The summed E-state index contributed by atoms with van der Waals surface area (Å²) in [4.78, 5) is 12.9. The minimum Gasteiger partial charge on any atom is -0.315 e. The Kier molecular flexibility index (Phi) is 4.97. The normalized spacial score (nSPS) is 15.7. The molecule has 2 rings (SSSR count). The van der Waals surface area contributed by atoms with E-state index >= 15 is 0 Å². The smallest absolute Gasteiger partial charge is 0.214 e. The lowest BCUT2D eigenvalue weighted by Crippen LogP contribution is -2.25. The van der Waals surface area contributed by atoms with E-state index in [0.717, 1.165) is 31.0 Å². The number of nitrogens with zero attached hydrogens (tertiary/aromatic N) is 2. The first kappa shape index (κ1) is 13.6. The van der Waals surface area contributed by atoms with Crippen LogP contribution in [0.5, 0.6) is 0 Å². The van der Waals surface area contributed by atoms with Gasteiger partial charge in [0.2, 0.25) is 6.41 Å². The predicted molar refractivity (Wildman–Crippen MR) is 75.8 cm³/mol. The fourth-order valence-electron chi connectivity index (χ4n) is 2.79. The molecule has 3 heteroatoms. The van der Waals surface area contributed by atoms with Crippen molar-refractivity contribution in [3.05, 3.63) is 29.8 Å². The van der Waals surface area contributed by atoms with E-state index in [9.17, 15) is 4.79 Å². The summed E-state index contributed by atoms with van der Waals surface area (Å²) in [5, 5.41) is 8.89. The molecule has 0 aromatic heterocycles. The predicted octanol–water partition coefficient (Wildman–Crippen LogP) is 3.49. The Morgan fingerprint density at radius 2 is 2.11 bits per heavy atom. The number of amides is 1. The minimum absolute atomic E-state index is 0.599. The first-order valence-corrected chi connectivity index (χ1v) is 7.05. The molecule has 0 heterocycles. The maximum atomic E-state index is 11.2. The first-order chi connectivity index (χ1) is 9.33. The third kappa shape index (κ3) is 3.82. The number of hydrogen-bond acceptors (Lipinski definition) is 2. The van der Waals surface area contributed by atoms with Crippen LogP contribution in [0.3, 0.4) is 0 Å². The van der Waals surface area contributed by atoms with Gasteiger partial charge in [-0.05, 0) is 30.5 Å². The Hall–Kier alpha value is -1.82. The Labute approximate surface area is 114 Å². The minimum atomic E-state index is 0.599. The number of hydrogen-bond donors (Lipinski definition) is 0. The van der Waals surface area contributed by atoms with Crippen molar-refractivity contribution in [2.24, 2.45) is 5.92 Å². The van der Waals surface area contributed by atoms with Crippen LogP contribution >= 0.6 is 0 Å². The van der Waals surface area contributed by atoms with Crippen molar-refractivity contribution in [2.75, 3.05) is 11.4 Å². The number of nitriles is 1. The second-order valence-electron chi connectivity index (χ2n) is 5.25. The number of anilines is 1. The average molecular weight is 256 g/mol. The van der Waals surface area contributed by atoms with Gasteiger partial charge in [-0.1, -0.05) is 38.2 Å². The summed E-state index contributed by atoms with van der Waals surface area (Å²) in [7, 11) is 0. The van der Waals surface area contributed by atoms with Gasteiger partial charge in [0.1, 0.15) is 0 Å². The van der Waals surface area contributed by atoms with E-state index < -0.39 is 0 Å². The third-order valence-corrected chi connectivity index (χ3v) is 3.94. The molecule has 0 radical (unpaired) electrons. The highest BCUT2D eigenvalue weighted by Gasteiger charge is 2.15. The van der Waals surface area contributed by atoms with Crippen LogP contribution in [0.1, 0.15) is 44.1 Å². The monoisotopic (exact) mass is 256 g/mol. The third-order valence-electron chi connectivity index (χ3n) is 3.94. The molecule has 1 aromatic rings. The molecule has 1 amide bonds. The number of benzene rings is 1. The van der Waals surface area contributed by atoms with E-state index in [4.69, 9.17) is 5.26 Å². The molecule has 0 bridgehead atoms. The summed E-state index contributed by atoms with van der Waals surface area (Å²) < 4.78 is 0. The highest BCUT2D eigenvalue weighted by atomic mass is 16.1. The van der Waals surface area contributed by atoms with Crippen molar-refractivity contribution < 1.29 is 4.79 Å². The molecule has 1 aliphatic carbocycles. The van der Waals surface area contributed by atoms with E-state index in [1.807, 2.05) is 12.1 Å². The molecule has 0 N–H and O–H groups in total. The molecule has 0 unspecified atom stereocenters. The molecule has 1 aromatic carbocycles. The van der Waals surface area contributed by atoms with E-state index in [0.29, 0.717) is 5.56 Å². The van der Waals surface area contributed by atoms with Crippen LogP contribution in [-0.2, 0) is 4.79 Å². The van der Waals surface area contributed by atoms with Gasteiger partial charge in [0.25, 0.3) is 0 Å². The van der Waals surface area contributed by atoms with Crippen LogP contribution in [0, 0.1) is 17.2 Å². The van der Waals surface area contributed by atoms with Crippen molar-refractivity contribution in [3.63, 3.8) is 0 Å². The Bertz CT molecular complexity index is 458. The topological polar surface area (TPSA) is 44.1 Å². The summed E-state index contributed by atoms with van der Waals surface area (Å²) >= 11 is 0. The van der Waals surface area contributed by atoms with E-state index in [1.165, 1.54) is 32.1 Å². The summed E-state index contributed by atoms with van der Waals surface area (Å²) in [5.74, 6) is 0.760. The van der Waals surface area contributed by atoms with Gasteiger partial charge >= 0.3 is 0 Å². The summed E-state index contributed by atoms with van der Waals surface area (Å²) in [6.45, 7) is 0.753. The highest BCUT2D eigenvalue weighted by molar-refractivity contribution is 5.75. The summed E-state index contributed by atoms with van der Waals surface area (Å²) in [6.07, 6.45) is 8.55. The lowest BCUT2D eigenvalue weighted by Gasteiger charge is -2.24. The van der Waals surface area contributed by atoms with Crippen LogP contribution in [0.15, 0.2) is 24.3 Å². The van der Waals surface area contributed by atoms with Crippen molar-refractivity contribution >= 4 is 12.1 Å². The largest absolute Gasteiger partial charge is 0.315 e. The van der Waals surface area contributed by atoms with Gasteiger partial charge in [0.05, 0.1) is 11.6 Å². The molecule has 1 aliphatic rings. The standard InChI is InChI=1S/C16H20N2O/c17-12-15-7-4-8-16(11-15)18(13-19)10-9-14-5-2-1-3-6-14/h4,7-8,11,13-14H,1-3,5-6,9-10H2. The van der Waals surface area contributed by atoms with Gasteiger partial charge in [-0.25, -0.2) is 0 Å². The molecule has 1 saturated carbocycles. The van der Waals surface area contributed by atoms with Crippen LogP contribution in [-0.4, -0.2) is 13.0 Å². The van der Waals surface area contributed by atoms with Crippen molar-refractivity contribution in [1.29, 1.82) is 5.26 Å². The SMILES string of the molecule is N#Cc1cccc(N(C=O)CCC2CCCCC2)c1. The summed E-state index contributed by atoms with van der Waals surface area (Å²) in [5.41, 5.74) is 1.42. The van der Waals surface area contributed by atoms with Crippen molar-refractivity contribution in [1.82, 2.24) is 0 Å². The van der Waals surface area contributed by atoms with Gasteiger partial charge in [0.15, 0.2) is 0 Å². The van der Waals surface area contributed by atoms with Crippen molar-refractivity contribution in [3.8, 4) is 6.07 Å². The van der Waals surface area contributed by atoms with Gasteiger partial charge in [0, 0.05) is 12.2 Å². The molecule has 0 aliphatic heterocycles. The second-order valence-corrected chi connectivity index (χ2v) is 5.25. The van der Waals surface area contributed by atoms with Gasteiger partial charge < -0.3 is 4.90 Å². The highest BCUT2D eigenvalue weighted by Crippen LogP contribution is 2.27. The van der Waals surface area contributed by atoms with Crippen LogP contribution in [0.4, 0.5) is 5.69 Å². The second kappa shape index (κ2) is 6.94. The Morgan fingerprint density at radius 3 is 2.79 bits per heavy atom. The van der Waals surface area contributed by atoms with Crippen LogP contribution in [0.2, 0.25) is 0 Å². The number of carbonyl (C=O) groups excluding carboxylic acids is 1. The fraction of sp³-hybridized carbons (Fsp3) is 0.500. The zero-order valence-corrected chi connectivity index (χ0v) is 11.2.